The Morgan fingerprint density at radius 1 is 1.28 bits per heavy atom. The second kappa shape index (κ2) is 6.92. The molecule has 3 rings (SSSR count). The molecule has 7 heteroatoms. The maximum absolute atomic E-state index is 12.2. The molecule has 25 heavy (non-hydrogen) atoms. The zero-order chi connectivity index (χ0) is 18.0. The molecule has 1 unspecified atom stereocenters. The fourth-order valence-electron chi connectivity index (χ4n) is 2.30. The molecule has 6 nitrogen and oxygen atoms in total. The number of halogens is 1. The first-order chi connectivity index (χ1) is 11.8. The second-order valence-electron chi connectivity index (χ2n) is 6.71. The third kappa shape index (κ3) is 4.22. The number of ether oxygens (including phenoxy) is 2. The number of carbonyl (C=O) groups is 1. The Hall–Kier alpha value is -2.28. The smallest absolute Gasteiger partial charge is 0.284 e. The largest absolute Gasteiger partial charge is 0.485 e. The van der Waals surface area contributed by atoms with Crippen molar-refractivity contribution in [3.8, 4) is 11.5 Å². The highest BCUT2D eigenvalue weighted by Crippen LogP contribution is 2.36. The minimum Gasteiger partial charge on any atom is -0.485 e. The molecule has 2 aromatic rings. The van der Waals surface area contributed by atoms with E-state index >= 15 is 0 Å². The first-order valence-corrected chi connectivity index (χ1v) is 8.64. The number of carbonyl (C=O) groups excluding carboxylic acids is 1. The Bertz CT molecular complexity index is 808. The Balaban J connectivity index is 1.65. The Morgan fingerprint density at radius 2 is 2.08 bits per heavy atom. The molecule has 1 aliphatic heterocycles. The van der Waals surface area contributed by atoms with Gasteiger partial charge in [-0.25, -0.2) is 5.43 Å². The maximum Gasteiger partial charge on any atom is 0.284 e. The summed E-state index contributed by atoms with van der Waals surface area (Å²) in [4.78, 5) is 12.2. The van der Waals surface area contributed by atoms with Gasteiger partial charge in [0.25, 0.3) is 5.91 Å². The summed E-state index contributed by atoms with van der Waals surface area (Å²) < 4.78 is 17.3. The van der Waals surface area contributed by atoms with Crippen molar-refractivity contribution < 1.29 is 18.7 Å². The van der Waals surface area contributed by atoms with E-state index in [0.29, 0.717) is 21.9 Å². The average molecular weight is 407 g/mol. The molecule has 2 heterocycles. The lowest BCUT2D eigenvalue weighted by Crippen LogP contribution is -2.42. The number of hydrazone groups is 1. The average Bonchev–Trinajstić information content (AvgIpc) is 2.98. The number of nitrogens with one attached hydrogen (secondary N) is 1. The molecule has 1 amide bonds. The number of hydrogen-bond acceptors (Lipinski definition) is 5. The number of furan rings is 1. The number of fused-ring (bicyclic) bond motifs is 1. The van der Waals surface area contributed by atoms with E-state index < -0.39 is 6.10 Å². The van der Waals surface area contributed by atoms with Crippen LogP contribution < -0.4 is 14.9 Å². The standard InChI is InChI=1S/C18H19BrN2O4/c1-18(2,3)11-4-6-13-14(8-11)25-15(10-23-13)17(22)21-20-9-12-5-7-16(19)24-12/h4-9,15H,10H2,1-3H3,(H,21,22)/b20-9-. The molecule has 1 N–H and O–H groups in total. The minimum absolute atomic E-state index is 0.0187. The van der Waals surface area contributed by atoms with Gasteiger partial charge in [-0.3, -0.25) is 4.79 Å². The van der Waals surface area contributed by atoms with Gasteiger partial charge in [0.2, 0.25) is 6.10 Å². The first-order valence-electron chi connectivity index (χ1n) is 7.85. The summed E-state index contributed by atoms with van der Waals surface area (Å²) in [7, 11) is 0. The van der Waals surface area contributed by atoms with Crippen molar-refractivity contribution in [3.63, 3.8) is 0 Å². The number of hydrogen-bond donors (Lipinski definition) is 1. The Morgan fingerprint density at radius 3 is 2.76 bits per heavy atom. The minimum atomic E-state index is -0.761. The van der Waals surface area contributed by atoms with Crippen molar-refractivity contribution in [2.45, 2.75) is 32.3 Å². The lowest BCUT2D eigenvalue weighted by molar-refractivity contribution is -0.130. The van der Waals surface area contributed by atoms with E-state index in [1.165, 1.54) is 6.21 Å². The van der Waals surface area contributed by atoms with Gasteiger partial charge >= 0.3 is 0 Å². The second-order valence-corrected chi connectivity index (χ2v) is 7.49. The van der Waals surface area contributed by atoms with Gasteiger partial charge in [0.15, 0.2) is 16.2 Å². The molecule has 1 atom stereocenters. The zero-order valence-electron chi connectivity index (χ0n) is 14.2. The predicted octanol–water partition coefficient (Wildman–Crippen LogP) is 3.63. The summed E-state index contributed by atoms with van der Waals surface area (Å²) in [5.74, 6) is 1.35. The van der Waals surface area contributed by atoms with Gasteiger partial charge in [-0.05, 0) is 51.2 Å². The number of nitrogens with zero attached hydrogens (tertiary/aromatic N) is 1. The van der Waals surface area contributed by atoms with Crippen LogP contribution in [0.4, 0.5) is 0 Å². The molecule has 0 aliphatic carbocycles. The van der Waals surface area contributed by atoms with E-state index in [2.05, 4.69) is 47.2 Å². The van der Waals surface area contributed by atoms with Crippen LogP contribution in [0.3, 0.4) is 0 Å². The van der Waals surface area contributed by atoms with Crippen molar-refractivity contribution in [2.75, 3.05) is 6.61 Å². The van der Waals surface area contributed by atoms with E-state index in [1.54, 1.807) is 12.1 Å². The van der Waals surface area contributed by atoms with Gasteiger partial charge in [-0.2, -0.15) is 5.10 Å². The molecule has 1 aliphatic rings. The zero-order valence-corrected chi connectivity index (χ0v) is 15.8. The van der Waals surface area contributed by atoms with Gasteiger partial charge in [-0.1, -0.05) is 26.8 Å². The van der Waals surface area contributed by atoms with Crippen molar-refractivity contribution >= 4 is 28.1 Å². The van der Waals surface area contributed by atoms with Crippen molar-refractivity contribution in [3.05, 3.63) is 46.3 Å². The molecule has 0 fully saturated rings. The molecular weight excluding hydrogens is 388 g/mol. The van der Waals surface area contributed by atoms with Crippen LogP contribution in [0.15, 0.2) is 44.5 Å². The molecule has 1 aromatic carbocycles. The molecule has 0 saturated heterocycles. The topological polar surface area (TPSA) is 73.1 Å². The van der Waals surface area contributed by atoms with Crippen LogP contribution in [0.1, 0.15) is 32.1 Å². The molecule has 0 spiro atoms. The SMILES string of the molecule is CC(C)(C)c1ccc2c(c1)OC(C(=O)N/N=C\c1ccc(Br)o1)CO2. The Labute approximate surface area is 154 Å². The molecule has 0 saturated carbocycles. The summed E-state index contributed by atoms with van der Waals surface area (Å²) in [5.41, 5.74) is 3.53. The number of amides is 1. The molecule has 1 aromatic heterocycles. The molecule has 0 radical (unpaired) electrons. The highest BCUT2D eigenvalue weighted by Gasteiger charge is 2.28. The summed E-state index contributed by atoms with van der Waals surface area (Å²) in [6, 6.07) is 9.26. The fraction of sp³-hybridized carbons (Fsp3) is 0.333. The highest BCUT2D eigenvalue weighted by molar-refractivity contribution is 9.10. The monoisotopic (exact) mass is 406 g/mol. The van der Waals surface area contributed by atoms with Gasteiger partial charge in [0, 0.05) is 0 Å². The van der Waals surface area contributed by atoms with Gasteiger partial charge < -0.3 is 13.9 Å². The summed E-state index contributed by atoms with van der Waals surface area (Å²) in [6.07, 6.45) is 0.654. The van der Waals surface area contributed by atoms with Crippen LogP contribution in [0.25, 0.3) is 0 Å². The maximum atomic E-state index is 12.2. The van der Waals surface area contributed by atoms with Crippen LogP contribution in [0.5, 0.6) is 11.5 Å². The third-order valence-corrected chi connectivity index (χ3v) is 4.15. The molecule has 132 valence electrons. The van der Waals surface area contributed by atoms with E-state index in [1.807, 2.05) is 18.2 Å². The first kappa shape index (κ1) is 17.5. The third-order valence-electron chi connectivity index (χ3n) is 3.72. The summed E-state index contributed by atoms with van der Waals surface area (Å²) in [6.45, 7) is 6.48. The van der Waals surface area contributed by atoms with E-state index in [-0.39, 0.29) is 17.9 Å². The number of rotatable bonds is 3. The van der Waals surface area contributed by atoms with Crippen molar-refractivity contribution in [2.24, 2.45) is 5.10 Å². The normalized spacial score (nSPS) is 16.9. The van der Waals surface area contributed by atoms with Crippen molar-refractivity contribution in [1.82, 2.24) is 5.43 Å². The van der Waals surface area contributed by atoms with Crippen molar-refractivity contribution in [1.29, 1.82) is 0 Å². The Kier molecular flexibility index (Phi) is 4.85. The summed E-state index contributed by atoms with van der Waals surface area (Å²) in [5, 5.41) is 3.87. The van der Waals surface area contributed by atoms with Crippen LogP contribution >= 0.6 is 15.9 Å². The van der Waals surface area contributed by atoms with Gasteiger partial charge in [0.05, 0.1) is 6.21 Å². The van der Waals surface area contributed by atoms with Crippen LogP contribution in [0, 0.1) is 0 Å². The lowest BCUT2D eigenvalue weighted by Gasteiger charge is -2.27. The van der Waals surface area contributed by atoms with E-state index in [4.69, 9.17) is 13.9 Å². The fourth-order valence-corrected chi connectivity index (χ4v) is 2.62. The quantitative estimate of drug-likeness (QED) is 0.623. The van der Waals surface area contributed by atoms with Gasteiger partial charge in [0.1, 0.15) is 12.4 Å². The van der Waals surface area contributed by atoms with Gasteiger partial charge in [-0.15, -0.1) is 0 Å². The lowest BCUT2D eigenvalue weighted by atomic mass is 9.87. The van der Waals surface area contributed by atoms with Crippen LogP contribution in [0.2, 0.25) is 0 Å². The molecule has 0 bridgehead atoms. The van der Waals surface area contributed by atoms with E-state index in [9.17, 15) is 4.79 Å². The van der Waals surface area contributed by atoms with E-state index in [0.717, 1.165) is 5.56 Å². The summed E-state index contributed by atoms with van der Waals surface area (Å²) >= 11 is 3.20. The van der Waals surface area contributed by atoms with Crippen LogP contribution in [-0.2, 0) is 10.2 Å². The molecular formula is C18H19BrN2O4. The predicted molar refractivity (Wildman–Crippen MR) is 97.2 cm³/mol. The number of benzene rings is 1. The highest BCUT2D eigenvalue weighted by atomic mass is 79.9. The van der Waals surface area contributed by atoms with Crippen LogP contribution in [-0.4, -0.2) is 24.8 Å².